The highest BCUT2D eigenvalue weighted by molar-refractivity contribution is 5.81. The summed E-state index contributed by atoms with van der Waals surface area (Å²) in [4.78, 5) is 0. The molecule has 2 rings (SSSR count). The molecule has 0 aliphatic rings. The minimum Gasteiger partial charge on any atom is -0.0651 e. The number of allylic oxidation sites excluding steroid dienone is 1. The van der Waals surface area contributed by atoms with E-state index in [2.05, 4.69) is 80.6 Å². The molecule has 19 heavy (non-hydrogen) atoms. The molecule has 1 atom stereocenters. The highest BCUT2D eigenvalue weighted by Crippen LogP contribution is 2.26. The van der Waals surface area contributed by atoms with Crippen LogP contribution in [0.4, 0.5) is 0 Å². The maximum Gasteiger partial charge on any atom is -0.0224 e. The van der Waals surface area contributed by atoms with E-state index in [-0.39, 0.29) is 0 Å². The molecule has 1 unspecified atom stereocenters. The van der Waals surface area contributed by atoms with Crippen LogP contribution in [0.25, 0.3) is 11.6 Å². The van der Waals surface area contributed by atoms with E-state index in [4.69, 9.17) is 0 Å². The Hall–Kier alpha value is -1.82. The van der Waals surface area contributed by atoms with Crippen LogP contribution in [0.5, 0.6) is 0 Å². The molecule has 0 N–H and O–H groups in total. The van der Waals surface area contributed by atoms with Gasteiger partial charge in [0.05, 0.1) is 0 Å². The van der Waals surface area contributed by atoms with Gasteiger partial charge < -0.3 is 0 Å². The lowest BCUT2D eigenvalue weighted by atomic mass is 9.92. The van der Waals surface area contributed by atoms with Gasteiger partial charge in [-0.3, -0.25) is 0 Å². The Morgan fingerprint density at radius 2 is 1.53 bits per heavy atom. The largest absolute Gasteiger partial charge is 0.0651 e. The Balaban J connectivity index is 2.32. The van der Waals surface area contributed by atoms with E-state index in [0.717, 1.165) is 12.3 Å². The van der Waals surface area contributed by atoms with Gasteiger partial charge in [0.1, 0.15) is 0 Å². The SMILES string of the molecule is CCC(C)CC(=Cc1ccccc1)c1ccccc1. The molecule has 0 amide bonds. The molecule has 2 aromatic carbocycles. The van der Waals surface area contributed by atoms with E-state index in [1.165, 1.54) is 23.1 Å². The topological polar surface area (TPSA) is 0 Å². The van der Waals surface area contributed by atoms with Crippen LogP contribution in [0.1, 0.15) is 37.8 Å². The van der Waals surface area contributed by atoms with Crippen molar-refractivity contribution in [2.45, 2.75) is 26.7 Å². The molecule has 0 fully saturated rings. The molecule has 0 heteroatoms. The molecule has 0 saturated heterocycles. The Morgan fingerprint density at radius 1 is 0.947 bits per heavy atom. The fraction of sp³-hybridized carbons (Fsp3) is 0.263. The minimum atomic E-state index is 0.718. The predicted molar refractivity (Wildman–Crippen MR) is 84.8 cm³/mol. The summed E-state index contributed by atoms with van der Waals surface area (Å²) >= 11 is 0. The zero-order valence-electron chi connectivity index (χ0n) is 11.8. The molecule has 0 spiro atoms. The van der Waals surface area contributed by atoms with Crippen LogP contribution in [0.15, 0.2) is 60.7 Å². The Morgan fingerprint density at radius 3 is 2.11 bits per heavy atom. The first-order chi connectivity index (χ1) is 9.29. The van der Waals surface area contributed by atoms with Gasteiger partial charge in [-0.15, -0.1) is 0 Å². The monoisotopic (exact) mass is 250 g/mol. The summed E-state index contributed by atoms with van der Waals surface area (Å²) in [7, 11) is 0. The maximum absolute atomic E-state index is 2.32. The average molecular weight is 250 g/mol. The van der Waals surface area contributed by atoms with Crippen molar-refractivity contribution in [3.63, 3.8) is 0 Å². The van der Waals surface area contributed by atoms with Crippen molar-refractivity contribution < 1.29 is 0 Å². The lowest BCUT2D eigenvalue weighted by molar-refractivity contribution is 0.580. The average Bonchev–Trinajstić information content (AvgIpc) is 2.48. The second-order valence-electron chi connectivity index (χ2n) is 5.16. The van der Waals surface area contributed by atoms with Crippen LogP contribution in [-0.2, 0) is 0 Å². The van der Waals surface area contributed by atoms with Crippen molar-refractivity contribution in [2.75, 3.05) is 0 Å². The van der Waals surface area contributed by atoms with E-state index in [1.807, 2.05) is 0 Å². The molecule has 0 aliphatic heterocycles. The lowest BCUT2D eigenvalue weighted by Gasteiger charge is -2.13. The first-order valence-electron chi connectivity index (χ1n) is 7.10. The fourth-order valence-electron chi connectivity index (χ4n) is 2.18. The van der Waals surface area contributed by atoms with E-state index in [1.54, 1.807) is 0 Å². The lowest BCUT2D eigenvalue weighted by Crippen LogP contribution is -1.95. The molecular formula is C19H22. The second-order valence-corrected chi connectivity index (χ2v) is 5.16. The third kappa shape index (κ3) is 4.10. The van der Waals surface area contributed by atoms with Crippen molar-refractivity contribution in [3.05, 3.63) is 71.8 Å². The molecule has 0 radical (unpaired) electrons. The molecule has 98 valence electrons. The van der Waals surface area contributed by atoms with Crippen LogP contribution in [0.3, 0.4) is 0 Å². The van der Waals surface area contributed by atoms with Gasteiger partial charge >= 0.3 is 0 Å². The van der Waals surface area contributed by atoms with Gasteiger partial charge in [0.15, 0.2) is 0 Å². The minimum absolute atomic E-state index is 0.718. The quantitative estimate of drug-likeness (QED) is 0.600. The summed E-state index contributed by atoms with van der Waals surface area (Å²) in [5.74, 6) is 0.718. The highest BCUT2D eigenvalue weighted by atomic mass is 14.1. The van der Waals surface area contributed by atoms with Gasteiger partial charge in [-0.2, -0.15) is 0 Å². The zero-order valence-corrected chi connectivity index (χ0v) is 11.8. The van der Waals surface area contributed by atoms with E-state index >= 15 is 0 Å². The Bertz CT molecular complexity index is 508. The van der Waals surface area contributed by atoms with Gasteiger partial charge in [-0.05, 0) is 29.0 Å². The van der Waals surface area contributed by atoms with Gasteiger partial charge in [0.2, 0.25) is 0 Å². The summed E-state index contributed by atoms with van der Waals surface area (Å²) in [6, 6.07) is 21.3. The highest BCUT2D eigenvalue weighted by Gasteiger charge is 2.06. The molecule has 0 aliphatic carbocycles. The van der Waals surface area contributed by atoms with Crippen molar-refractivity contribution in [1.82, 2.24) is 0 Å². The first kappa shape index (κ1) is 13.6. The van der Waals surface area contributed by atoms with Gasteiger partial charge in [0.25, 0.3) is 0 Å². The van der Waals surface area contributed by atoms with Gasteiger partial charge in [0, 0.05) is 0 Å². The molecule has 2 aromatic rings. The molecule has 0 saturated carbocycles. The normalized spacial score (nSPS) is 13.3. The van der Waals surface area contributed by atoms with E-state index in [9.17, 15) is 0 Å². The standard InChI is InChI=1S/C19H22/c1-3-16(2)14-19(18-12-8-5-9-13-18)15-17-10-6-4-7-11-17/h4-13,15-16H,3,14H2,1-2H3. The van der Waals surface area contributed by atoms with Crippen LogP contribution in [-0.4, -0.2) is 0 Å². The van der Waals surface area contributed by atoms with Crippen molar-refractivity contribution in [1.29, 1.82) is 0 Å². The molecule has 0 bridgehead atoms. The number of hydrogen-bond donors (Lipinski definition) is 0. The summed E-state index contributed by atoms with van der Waals surface area (Å²) in [5.41, 5.74) is 4.05. The number of benzene rings is 2. The first-order valence-corrected chi connectivity index (χ1v) is 7.10. The number of hydrogen-bond acceptors (Lipinski definition) is 0. The van der Waals surface area contributed by atoms with Gasteiger partial charge in [-0.25, -0.2) is 0 Å². The molecule has 0 nitrogen and oxygen atoms in total. The Kier molecular flexibility index (Phi) is 4.97. The molecule has 0 heterocycles. The van der Waals surface area contributed by atoms with Crippen LogP contribution >= 0.6 is 0 Å². The summed E-state index contributed by atoms with van der Waals surface area (Å²) in [6.07, 6.45) is 4.68. The molecular weight excluding hydrogens is 228 g/mol. The molecule has 0 aromatic heterocycles. The fourth-order valence-corrected chi connectivity index (χ4v) is 2.18. The van der Waals surface area contributed by atoms with Crippen LogP contribution < -0.4 is 0 Å². The summed E-state index contributed by atoms with van der Waals surface area (Å²) < 4.78 is 0. The van der Waals surface area contributed by atoms with Gasteiger partial charge in [-0.1, -0.05) is 87.0 Å². The predicted octanol–water partition coefficient (Wildman–Crippen LogP) is 5.66. The Labute approximate surface area is 116 Å². The van der Waals surface area contributed by atoms with E-state index in [0.29, 0.717) is 0 Å². The summed E-state index contributed by atoms with van der Waals surface area (Å²) in [6.45, 7) is 4.58. The summed E-state index contributed by atoms with van der Waals surface area (Å²) in [5, 5.41) is 0. The second kappa shape index (κ2) is 6.94. The van der Waals surface area contributed by atoms with Crippen molar-refractivity contribution in [2.24, 2.45) is 5.92 Å². The van der Waals surface area contributed by atoms with Crippen LogP contribution in [0.2, 0.25) is 0 Å². The zero-order chi connectivity index (χ0) is 13.5. The third-order valence-corrected chi connectivity index (χ3v) is 3.55. The number of rotatable bonds is 5. The van der Waals surface area contributed by atoms with Crippen molar-refractivity contribution >= 4 is 11.6 Å². The van der Waals surface area contributed by atoms with E-state index < -0.39 is 0 Å². The smallest absolute Gasteiger partial charge is 0.0224 e. The van der Waals surface area contributed by atoms with Crippen molar-refractivity contribution in [3.8, 4) is 0 Å². The maximum atomic E-state index is 2.32. The third-order valence-electron chi connectivity index (χ3n) is 3.55. The van der Waals surface area contributed by atoms with Crippen LogP contribution in [0, 0.1) is 5.92 Å².